The first kappa shape index (κ1) is 15.0. The minimum absolute atomic E-state index is 0.0211. The lowest BCUT2D eigenvalue weighted by atomic mass is 10.1. The van der Waals surface area contributed by atoms with Crippen molar-refractivity contribution >= 4 is 22.2 Å². The first-order valence-electron chi connectivity index (χ1n) is 7.17. The summed E-state index contributed by atoms with van der Waals surface area (Å²) in [5.41, 5.74) is 1.86. The van der Waals surface area contributed by atoms with Crippen molar-refractivity contribution in [2.75, 3.05) is 18.9 Å². The lowest BCUT2D eigenvalue weighted by Crippen LogP contribution is -2.28. The average molecular weight is 291 g/mol. The van der Waals surface area contributed by atoms with Crippen molar-refractivity contribution in [1.82, 2.24) is 5.32 Å². The molecule has 1 amide bonds. The molecule has 0 spiro atoms. The van der Waals surface area contributed by atoms with Crippen LogP contribution in [0.15, 0.2) is 0 Å². The monoisotopic (exact) mass is 291 g/mol. The van der Waals surface area contributed by atoms with Crippen molar-refractivity contribution in [3.63, 3.8) is 0 Å². The van der Waals surface area contributed by atoms with Crippen molar-refractivity contribution in [1.29, 1.82) is 5.26 Å². The molecule has 0 fully saturated rings. The third-order valence-corrected chi connectivity index (χ3v) is 4.93. The van der Waals surface area contributed by atoms with E-state index in [1.807, 2.05) is 14.0 Å². The van der Waals surface area contributed by atoms with Gasteiger partial charge in [-0.05, 0) is 38.3 Å². The first-order valence-corrected chi connectivity index (χ1v) is 7.99. The third-order valence-electron chi connectivity index (χ3n) is 3.73. The molecule has 0 aliphatic heterocycles. The fourth-order valence-corrected chi connectivity index (χ4v) is 3.83. The lowest BCUT2D eigenvalue weighted by molar-refractivity contribution is -0.119. The average Bonchev–Trinajstić information content (AvgIpc) is 2.60. The Bertz CT molecular complexity index is 530. The molecule has 2 rings (SSSR count). The third kappa shape index (κ3) is 3.20. The number of fused-ring (bicyclic) bond motifs is 1. The molecule has 4 nitrogen and oxygen atoms in total. The van der Waals surface area contributed by atoms with Crippen LogP contribution in [0.2, 0.25) is 0 Å². The molecule has 0 bridgehead atoms. The molecule has 1 aromatic rings. The van der Waals surface area contributed by atoms with E-state index in [0.29, 0.717) is 12.1 Å². The molecular formula is C15H21N3OS. The van der Waals surface area contributed by atoms with Crippen molar-refractivity contribution < 1.29 is 4.79 Å². The lowest BCUT2D eigenvalue weighted by Gasteiger charge is -2.10. The highest BCUT2D eigenvalue weighted by atomic mass is 32.1. The normalized spacial score (nSPS) is 15.8. The molecule has 20 heavy (non-hydrogen) atoms. The van der Waals surface area contributed by atoms with E-state index in [2.05, 4.69) is 16.7 Å². The summed E-state index contributed by atoms with van der Waals surface area (Å²) in [5, 5.41) is 16.1. The van der Waals surface area contributed by atoms with E-state index in [4.69, 9.17) is 0 Å². The van der Waals surface area contributed by atoms with Gasteiger partial charge in [-0.15, -0.1) is 11.3 Å². The van der Waals surface area contributed by atoms with Gasteiger partial charge in [0.2, 0.25) is 5.91 Å². The smallest absolute Gasteiger partial charge is 0.229 e. The molecule has 0 radical (unpaired) electrons. The van der Waals surface area contributed by atoms with E-state index in [1.165, 1.54) is 23.3 Å². The van der Waals surface area contributed by atoms with Crippen molar-refractivity contribution in [3.05, 3.63) is 16.0 Å². The summed E-state index contributed by atoms with van der Waals surface area (Å²) in [4.78, 5) is 13.4. The number of carbonyl (C=O) groups excluding carboxylic acids is 1. The van der Waals surface area contributed by atoms with Crippen LogP contribution in [-0.4, -0.2) is 19.5 Å². The second-order valence-corrected chi connectivity index (χ2v) is 6.43. The summed E-state index contributed by atoms with van der Waals surface area (Å²) in [6.45, 7) is 2.52. The summed E-state index contributed by atoms with van der Waals surface area (Å²) >= 11 is 1.59. The molecule has 1 aliphatic rings. The van der Waals surface area contributed by atoms with E-state index < -0.39 is 0 Å². The van der Waals surface area contributed by atoms with Crippen LogP contribution in [0, 0.1) is 17.2 Å². The molecule has 1 aromatic heterocycles. The molecule has 1 atom stereocenters. The number of rotatable bonds is 4. The number of amides is 1. The van der Waals surface area contributed by atoms with Gasteiger partial charge in [0.05, 0.1) is 5.56 Å². The van der Waals surface area contributed by atoms with Crippen molar-refractivity contribution in [2.24, 2.45) is 5.92 Å². The van der Waals surface area contributed by atoms with Crippen LogP contribution >= 0.6 is 11.3 Å². The van der Waals surface area contributed by atoms with Crippen LogP contribution in [0.1, 0.15) is 42.2 Å². The van der Waals surface area contributed by atoms with Gasteiger partial charge in [-0.2, -0.15) is 5.26 Å². The molecular weight excluding hydrogens is 270 g/mol. The molecule has 108 valence electrons. The number of carbonyl (C=O) groups is 1. The van der Waals surface area contributed by atoms with Crippen molar-refractivity contribution in [2.45, 2.75) is 39.0 Å². The zero-order chi connectivity index (χ0) is 14.5. The van der Waals surface area contributed by atoms with Gasteiger partial charge in [0.1, 0.15) is 11.1 Å². The van der Waals surface area contributed by atoms with Gasteiger partial charge in [-0.3, -0.25) is 4.79 Å². The molecule has 1 aliphatic carbocycles. The highest BCUT2D eigenvalue weighted by molar-refractivity contribution is 7.16. The van der Waals surface area contributed by atoms with Gasteiger partial charge >= 0.3 is 0 Å². The minimum atomic E-state index is -0.103. The molecule has 1 unspecified atom stereocenters. The standard InChI is InChI=1S/C15H21N3OS/c1-10(9-17-2)14(19)18-15-12(8-16)11-6-4-3-5-7-13(11)20-15/h10,17H,3-7,9H2,1-2H3,(H,18,19). The maximum absolute atomic E-state index is 12.1. The van der Waals surface area contributed by atoms with Gasteiger partial charge in [0.25, 0.3) is 0 Å². The highest BCUT2D eigenvalue weighted by Crippen LogP contribution is 2.37. The zero-order valence-electron chi connectivity index (χ0n) is 12.1. The predicted octanol–water partition coefficient (Wildman–Crippen LogP) is 2.68. The highest BCUT2D eigenvalue weighted by Gasteiger charge is 2.22. The number of nitrogens with zero attached hydrogens (tertiary/aromatic N) is 1. The van der Waals surface area contributed by atoms with Crippen LogP contribution in [0.3, 0.4) is 0 Å². The number of anilines is 1. The van der Waals surface area contributed by atoms with E-state index in [9.17, 15) is 10.1 Å². The second-order valence-electron chi connectivity index (χ2n) is 5.33. The number of nitriles is 1. The zero-order valence-corrected chi connectivity index (χ0v) is 12.9. The van der Waals surface area contributed by atoms with Gasteiger partial charge in [0.15, 0.2) is 0 Å². The predicted molar refractivity (Wildman–Crippen MR) is 82.0 cm³/mol. The van der Waals surface area contributed by atoms with E-state index in [1.54, 1.807) is 11.3 Å². The summed E-state index contributed by atoms with van der Waals surface area (Å²) in [6.07, 6.45) is 5.56. The Morgan fingerprint density at radius 3 is 2.85 bits per heavy atom. The topological polar surface area (TPSA) is 64.9 Å². The fourth-order valence-electron chi connectivity index (χ4n) is 2.58. The van der Waals surface area contributed by atoms with E-state index in [-0.39, 0.29) is 11.8 Å². The Hall–Kier alpha value is -1.38. The number of aryl methyl sites for hydroxylation is 1. The van der Waals surface area contributed by atoms with Gasteiger partial charge < -0.3 is 10.6 Å². The van der Waals surface area contributed by atoms with Crippen LogP contribution < -0.4 is 10.6 Å². The van der Waals surface area contributed by atoms with Crippen LogP contribution in [0.4, 0.5) is 5.00 Å². The van der Waals surface area contributed by atoms with Crippen LogP contribution in [0.25, 0.3) is 0 Å². The Kier molecular flexibility index (Phi) is 5.16. The summed E-state index contributed by atoms with van der Waals surface area (Å²) < 4.78 is 0. The van der Waals surface area contributed by atoms with Gasteiger partial charge in [-0.25, -0.2) is 0 Å². The Labute approximate surface area is 124 Å². The van der Waals surface area contributed by atoms with E-state index in [0.717, 1.165) is 24.3 Å². The minimum Gasteiger partial charge on any atom is -0.319 e. The molecule has 1 heterocycles. The summed E-state index contributed by atoms with van der Waals surface area (Å²) in [5.74, 6) is -0.124. The Morgan fingerprint density at radius 2 is 2.15 bits per heavy atom. The Morgan fingerprint density at radius 1 is 1.40 bits per heavy atom. The summed E-state index contributed by atoms with van der Waals surface area (Å²) in [6, 6.07) is 2.29. The molecule has 0 aromatic carbocycles. The number of thiophene rings is 1. The first-order chi connectivity index (χ1) is 9.67. The maximum Gasteiger partial charge on any atom is 0.229 e. The number of hydrogen-bond donors (Lipinski definition) is 2. The molecule has 0 saturated heterocycles. The van der Waals surface area contributed by atoms with Crippen molar-refractivity contribution in [3.8, 4) is 6.07 Å². The van der Waals surface area contributed by atoms with Crippen LogP contribution in [0.5, 0.6) is 0 Å². The molecule has 2 N–H and O–H groups in total. The van der Waals surface area contributed by atoms with E-state index >= 15 is 0 Å². The van der Waals surface area contributed by atoms with Crippen LogP contribution in [-0.2, 0) is 17.6 Å². The SMILES string of the molecule is CNCC(C)C(=O)Nc1sc2c(c1C#N)CCCCC2. The quantitative estimate of drug-likeness (QED) is 0.838. The number of hydrogen-bond acceptors (Lipinski definition) is 4. The largest absolute Gasteiger partial charge is 0.319 e. The molecule has 0 saturated carbocycles. The summed E-state index contributed by atoms with van der Waals surface area (Å²) in [7, 11) is 1.83. The second kappa shape index (κ2) is 6.87. The van der Waals surface area contributed by atoms with Gasteiger partial charge in [0, 0.05) is 17.3 Å². The number of nitrogens with one attached hydrogen (secondary N) is 2. The maximum atomic E-state index is 12.1. The molecule has 5 heteroatoms. The fraction of sp³-hybridized carbons (Fsp3) is 0.600. The Balaban J connectivity index is 2.20. The van der Waals surface area contributed by atoms with Gasteiger partial charge in [-0.1, -0.05) is 13.3 Å².